The molecule has 0 amide bonds. The third-order valence-electron chi connectivity index (χ3n) is 6.75. The standard InChI is InChI=1S/C28H31N3O6S/c1-18-24(27(33)36-16-15-34-2)25(20-9-5-6-10-21(20)35-3)31-26(32)22(38-28(31)29-18)17-19-11-12-23(37-19)30-13-7-4-8-14-30/h5-6,9-12,17,25H,4,7-8,13-16H2,1-3H3. The summed E-state index contributed by atoms with van der Waals surface area (Å²) < 4.78 is 24.2. The molecule has 0 saturated carbocycles. The Labute approximate surface area is 224 Å². The number of piperidine rings is 1. The van der Waals surface area contributed by atoms with Crippen molar-refractivity contribution < 1.29 is 23.4 Å². The number of thiazole rings is 1. The fourth-order valence-electron chi connectivity index (χ4n) is 4.90. The summed E-state index contributed by atoms with van der Waals surface area (Å²) in [6, 6.07) is 10.4. The number of anilines is 1. The predicted octanol–water partition coefficient (Wildman–Crippen LogP) is 3.02. The highest BCUT2D eigenvalue weighted by Gasteiger charge is 2.35. The lowest BCUT2D eigenvalue weighted by molar-refractivity contribution is -0.140. The molecule has 10 heteroatoms. The van der Waals surface area contributed by atoms with E-state index in [1.807, 2.05) is 30.3 Å². The van der Waals surface area contributed by atoms with Gasteiger partial charge in [0.1, 0.15) is 24.2 Å². The Hall–Kier alpha value is -3.63. The summed E-state index contributed by atoms with van der Waals surface area (Å²) in [7, 11) is 3.10. The summed E-state index contributed by atoms with van der Waals surface area (Å²) >= 11 is 1.26. The molecule has 0 bridgehead atoms. The van der Waals surface area contributed by atoms with Gasteiger partial charge < -0.3 is 23.5 Å². The smallest absolute Gasteiger partial charge is 0.338 e. The fraction of sp³-hybridized carbons (Fsp3) is 0.393. The number of aromatic nitrogens is 1. The zero-order valence-electron chi connectivity index (χ0n) is 21.8. The zero-order valence-corrected chi connectivity index (χ0v) is 22.6. The van der Waals surface area contributed by atoms with E-state index in [-0.39, 0.29) is 24.3 Å². The second-order valence-electron chi connectivity index (χ2n) is 9.18. The molecule has 0 N–H and O–H groups in total. The molecule has 3 aromatic rings. The van der Waals surface area contributed by atoms with Crippen LogP contribution in [0.5, 0.6) is 5.75 Å². The van der Waals surface area contributed by atoms with E-state index >= 15 is 0 Å². The first-order valence-electron chi connectivity index (χ1n) is 12.7. The largest absolute Gasteiger partial charge is 0.496 e. The Morgan fingerprint density at radius 2 is 1.92 bits per heavy atom. The lowest BCUT2D eigenvalue weighted by atomic mass is 9.95. The van der Waals surface area contributed by atoms with Gasteiger partial charge in [-0.3, -0.25) is 9.36 Å². The Balaban J connectivity index is 1.60. The van der Waals surface area contributed by atoms with Gasteiger partial charge in [0, 0.05) is 37.9 Å². The Morgan fingerprint density at radius 3 is 2.68 bits per heavy atom. The maximum absolute atomic E-state index is 13.8. The van der Waals surface area contributed by atoms with Crippen LogP contribution in [0.1, 0.15) is 43.6 Å². The van der Waals surface area contributed by atoms with Crippen molar-refractivity contribution in [1.29, 1.82) is 0 Å². The van der Waals surface area contributed by atoms with Crippen LogP contribution in [-0.4, -0.2) is 51.1 Å². The van der Waals surface area contributed by atoms with E-state index in [0.29, 0.717) is 32.1 Å². The fourth-order valence-corrected chi connectivity index (χ4v) is 5.92. The van der Waals surface area contributed by atoms with Crippen LogP contribution in [0.3, 0.4) is 0 Å². The monoisotopic (exact) mass is 537 g/mol. The minimum atomic E-state index is -0.764. The number of fused-ring (bicyclic) bond motifs is 1. The van der Waals surface area contributed by atoms with Gasteiger partial charge in [-0.15, -0.1) is 0 Å². The van der Waals surface area contributed by atoms with Crippen molar-refractivity contribution in [2.45, 2.75) is 32.2 Å². The van der Waals surface area contributed by atoms with E-state index in [1.165, 1.54) is 24.9 Å². The highest BCUT2D eigenvalue weighted by Crippen LogP contribution is 2.35. The van der Waals surface area contributed by atoms with E-state index in [0.717, 1.165) is 31.8 Å². The summed E-state index contributed by atoms with van der Waals surface area (Å²) in [5.41, 5.74) is 1.17. The van der Waals surface area contributed by atoms with Crippen LogP contribution in [0.4, 0.5) is 5.88 Å². The van der Waals surface area contributed by atoms with Gasteiger partial charge in [0.25, 0.3) is 5.56 Å². The van der Waals surface area contributed by atoms with Crippen molar-refractivity contribution in [1.82, 2.24) is 4.57 Å². The van der Waals surface area contributed by atoms with Crippen LogP contribution in [0.2, 0.25) is 0 Å². The second-order valence-corrected chi connectivity index (χ2v) is 10.2. The van der Waals surface area contributed by atoms with E-state index in [1.54, 1.807) is 30.7 Å². The number of carbonyl (C=O) groups excluding carboxylic acids is 1. The number of furan rings is 1. The Morgan fingerprint density at radius 1 is 1.13 bits per heavy atom. The molecule has 38 heavy (non-hydrogen) atoms. The summed E-state index contributed by atoms with van der Waals surface area (Å²) in [5, 5.41) is 0. The molecule has 1 saturated heterocycles. The molecular weight excluding hydrogens is 506 g/mol. The van der Waals surface area contributed by atoms with Crippen molar-refractivity contribution in [2.24, 2.45) is 4.99 Å². The minimum Gasteiger partial charge on any atom is -0.496 e. The van der Waals surface area contributed by atoms with E-state index in [9.17, 15) is 9.59 Å². The van der Waals surface area contributed by atoms with Gasteiger partial charge in [0.05, 0.1) is 29.5 Å². The molecular formula is C28H31N3O6S. The summed E-state index contributed by atoms with van der Waals surface area (Å²) in [4.78, 5) is 34.5. The zero-order chi connectivity index (χ0) is 26.6. The third kappa shape index (κ3) is 5.06. The maximum Gasteiger partial charge on any atom is 0.338 e. The first-order valence-corrected chi connectivity index (χ1v) is 13.5. The topological polar surface area (TPSA) is 95.5 Å². The van der Waals surface area contributed by atoms with Crippen LogP contribution in [0, 0.1) is 0 Å². The number of benzene rings is 1. The van der Waals surface area contributed by atoms with Gasteiger partial charge in [-0.2, -0.15) is 0 Å². The average Bonchev–Trinajstić information content (AvgIpc) is 3.52. The molecule has 0 spiro atoms. The molecule has 4 heterocycles. The van der Waals surface area contributed by atoms with E-state index in [2.05, 4.69) is 9.89 Å². The van der Waals surface area contributed by atoms with E-state index in [4.69, 9.17) is 18.6 Å². The first-order chi connectivity index (χ1) is 18.5. The molecule has 9 nitrogen and oxygen atoms in total. The lowest BCUT2D eigenvalue weighted by Crippen LogP contribution is -2.40. The van der Waals surface area contributed by atoms with Gasteiger partial charge in [-0.1, -0.05) is 29.5 Å². The SMILES string of the molecule is COCCOC(=O)C1=C(C)N=c2sc(=Cc3ccc(N4CCCCC4)o3)c(=O)n2C1c1ccccc1OC. The Bertz CT molecular complexity index is 1530. The van der Waals surface area contributed by atoms with Gasteiger partial charge in [-0.05, 0) is 38.3 Å². The lowest BCUT2D eigenvalue weighted by Gasteiger charge is -2.26. The van der Waals surface area contributed by atoms with Crippen molar-refractivity contribution in [3.63, 3.8) is 0 Å². The summed E-state index contributed by atoms with van der Waals surface area (Å²) in [6.07, 6.45) is 5.27. The van der Waals surface area contributed by atoms with E-state index < -0.39 is 12.0 Å². The molecule has 200 valence electrons. The second kappa shape index (κ2) is 11.4. The quantitative estimate of drug-likeness (QED) is 0.322. The molecule has 2 aromatic heterocycles. The first kappa shape index (κ1) is 26.0. The number of nitrogens with zero attached hydrogens (tertiary/aromatic N) is 3. The summed E-state index contributed by atoms with van der Waals surface area (Å²) in [5.74, 6) is 1.42. The molecule has 2 aliphatic rings. The minimum absolute atomic E-state index is 0.0903. The number of rotatable bonds is 8. The average molecular weight is 538 g/mol. The molecule has 1 fully saturated rings. The highest BCUT2D eigenvalue weighted by molar-refractivity contribution is 7.07. The van der Waals surface area contributed by atoms with Crippen LogP contribution in [0.15, 0.2) is 61.9 Å². The van der Waals surface area contributed by atoms with Crippen LogP contribution in [0.25, 0.3) is 6.08 Å². The number of esters is 1. The number of allylic oxidation sites excluding steroid dienone is 1. The van der Waals surface area contributed by atoms with Crippen molar-refractivity contribution in [3.05, 3.63) is 78.7 Å². The normalized spacial score (nSPS) is 17.8. The molecule has 1 aromatic carbocycles. The van der Waals surface area contributed by atoms with Crippen LogP contribution < -0.4 is 24.5 Å². The number of methoxy groups -OCH3 is 2. The highest BCUT2D eigenvalue weighted by atomic mass is 32.1. The maximum atomic E-state index is 13.8. The predicted molar refractivity (Wildman–Crippen MR) is 144 cm³/mol. The molecule has 2 aliphatic heterocycles. The van der Waals surface area contributed by atoms with Gasteiger partial charge in [0.2, 0.25) is 0 Å². The van der Waals surface area contributed by atoms with Gasteiger partial charge in [-0.25, -0.2) is 9.79 Å². The molecule has 1 unspecified atom stereocenters. The van der Waals surface area contributed by atoms with Crippen LogP contribution >= 0.6 is 11.3 Å². The van der Waals surface area contributed by atoms with Crippen molar-refractivity contribution in [3.8, 4) is 5.75 Å². The molecule has 5 rings (SSSR count). The molecule has 0 aliphatic carbocycles. The third-order valence-corrected chi connectivity index (χ3v) is 7.73. The van der Waals surface area contributed by atoms with Crippen molar-refractivity contribution in [2.75, 3.05) is 45.4 Å². The number of carbonyl (C=O) groups is 1. The van der Waals surface area contributed by atoms with Crippen molar-refractivity contribution >= 4 is 29.3 Å². The number of ether oxygens (including phenoxy) is 3. The van der Waals surface area contributed by atoms with Gasteiger partial charge >= 0.3 is 5.97 Å². The Kier molecular flexibility index (Phi) is 7.80. The molecule has 1 atom stereocenters. The van der Waals surface area contributed by atoms with Gasteiger partial charge in [0.15, 0.2) is 10.7 Å². The number of para-hydroxylation sites is 1. The number of hydrogen-bond acceptors (Lipinski definition) is 9. The number of hydrogen-bond donors (Lipinski definition) is 0. The molecule has 0 radical (unpaired) electrons. The van der Waals surface area contributed by atoms with Crippen LogP contribution in [-0.2, 0) is 14.3 Å². The summed E-state index contributed by atoms with van der Waals surface area (Å²) in [6.45, 7) is 4.05.